The molecule has 0 amide bonds. The molecular formula is C12H20N2O3S. The highest BCUT2D eigenvalue weighted by Crippen LogP contribution is 2.17. The molecule has 5 nitrogen and oxygen atoms in total. The molecule has 1 fully saturated rings. The van der Waals surface area contributed by atoms with Gasteiger partial charge in [-0.05, 0) is 26.1 Å². The number of nitrogens with one attached hydrogen (secondary N) is 1. The molecule has 102 valence electrons. The largest absolute Gasteiger partial charge is 0.463 e. The second-order valence-corrected chi connectivity index (χ2v) is 7.06. The minimum Gasteiger partial charge on any atom is -0.463 e. The van der Waals surface area contributed by atoms with E-state index < -0.39 is 9.84 Å². The van der Waals surface area contributed by atoms with E-state index in [1.807, 2.05) is 26.1 Å². The summed E-state index contributed by atoms with van der Waals surface area (Å²) in [5.74, 6) is 2.30. The fraction of sp³-hybridized carbons (Fsp3) is 0.667. The molecule has 2 rings (SSSR count). The van der Waals surface area contributed by atoms with Crippen LogP contribution in [0.2, 0.25) is 0 Å². The van der Waals surface area contributed by atoms with Crippen LogP contribution in [0.3, 0.4) is 0 Å². The van der Waals surface area contributed by atoms with Gasteiger partial charge in [-0.1, -0.05) is 0 Å². The molecule has 0 aromatic carbocycles. The molecule has 2 heterocycles. The molecule has 1 atom stereocenters. The van der Waals surface area contributed by atoms with Gasteiger partial charge in [0.25, 0.3) is 0 Å². The van der Waals surface area contributed by atoms with Crippen molar-refractivity contribution >= 4 is 9.84 Å². The maximum atomic E-state index is 11.5. The summed E-state index contributed by atoms with van der Waals surface area (Å²) in [6.45, 7) is 3.93. The Hall–Kier alpha value is -0.850. The number of nitrogens with zero attached hydrogens (tertiary/aromatic N) is 1. The van der Waals surface area contributed by atoms with Crippen molar-refractivity contribution in [2.75, 3.05) is 25.1 Å². The molecule has 1 N–H and O–H groups in total. The molecule has 1 aliphatic heterocycles. The Morgan fingerprint density at radius 1 is 1.44 bits per heavy atom. The summed E-state index contributed by atoms with van der Waals surface area (Å²) in [6.07, 6.45) is 0. The van der Waals surface area contributed by atoms with E-state index in [2.05, 4.69) is 10.2 Å². The number of rotatable bonds is 4. The van der Waals surface area contributed by atoms with Crippen molar-refractivity contribution in [1.82, 2.24) is 10.2 Å². The van der Waals surface area contributed by atoms with E-state index in [4.69, 9.17) is 4.42 Å². The fourth-order valence-corrected chi connectivity index (χ4v) is 3.87. The maximum absolute atomic E-state index is 11.5. The van der Waals surface area contributed by atoms with Crippen LogP contribution in [0.1, 0.15) is 18.4 Å². The van der Waals surface area contributed by atoms with Gasteiger partial charge in [-0.15, -0.1) is 0 Å². The third-order valence-corrected chi connectivity index (χ3v) is 5.03. The molecule has 0 radical (unpaired) electrons. The zero-order chi connectivity index (χ0) is 13.2. The smallest absolute Gasteiger partial charge is 0.153 e. The zero-order valence-corrected chi connectivity index (χ0v) is 11.7. The minimum atomic E-state index is -2.84. The molecule has 1 aliphatic rings. The fourth-order valence-electron chi connectivity index (χ4n) is 2.24. The van der Waals surface area contributed by atoms with Crippen LogP contribution >= 0.6 is 0 Å². The van der Waals surface area contributed by atoms with E-state index in [9.17, 15) is 8.42 Å². The lowest BCUT2D eigenvalue weighted by molar-refractivity contribution is 0.199. The van der Waals surface area contributed by atoms with Crippen LogP contribution in [0.15, 0.2) is 16.5 Å². The van der Waals surface area contributed by atoms with E-state index >= 15 is 0 Å². The van der Waals surface area contributed by atoms with Crippen LogP contribution in [0.4, 0.5) is 0 Å². The van der Waals surface area contributed by atoms with E-state index in [0.29, 0.717) is 19.6 Å². The van der Waals surface area contributed by atoms with Crippen LogP contribution in [0.5, 0.6) is 0 Å². The first-order chi connectivity index (χ1) is 8.50. The third-order valence-electron chi connectivity index (χ3n) is 3.24. The Kier molecular flexibility index (Phi) is 4.09. The van der Waals surface area contributed by atoms with Gasteiger partial charge in [-0.3, -0.25) is 4.90 Å². The summed E-state index contributed by atoms with van der Waals surface area (Å²) in [5, 5.41) is 3.03. The molecule has 6 heteroatoms. The number of hydrogen-bond acceptors (Lipinski definition) is 5. The van der Waals surface area contributed by atoms with E-state index in [1.54, 1.807) is 0 Å². The van der Waals surface area contributed by atoms with Crippen LogP contribution in [-0.4, -0.2) is 44.5 Å². The lowest BCUT2D eigenvalue weighted by Gasteiger charge is -2.32. The Labute approximate surface area is 108 Å². The molecule has 18 heavy (non-hydrogen) atoms. The van der Waals surface area contributed by atoms with Gasteiger partial charge >= 0.3 is 0 Å². The first kappa shape index (κ1) is 13.6. The van der Waals surface area contributed by atoms with E-state index in [1.165, 1.54) is 0 Å². The predicted octanol–water partition coefficient (Wildman–Crippen LogP) is 0.618. The predicted molar refractivity (Wildman–Crippen MR) is 70.0 cm³/mol. The standard InChI is InChI=1S/C12H20N2O3S/c1-10-9-18(15,16)6-5-14(10)8-12-4-3-11(17-12)7-13-2/h3-4,10,13H,5-9H2,1-2H3. The summed E-state index contributed by atoms with van der Waals surface area (Å²) in [4.78, 5) is 2.16. The molecule has 1 unspecified atom stereocenters. The molecular weight excluding hydrogens is 252 g/mol. The van der Waals surface area contributed by atoms with Crippen LogP contribution < -0.4 is 5.32 Å². The summed E-state index contributed by atoms with van der Waals surface area (Å²) in [7, 11) is -0.968. The normalized spacial score (nSPS) is 24.2. The van der Waals surface area contributed by atoms with Crippen molar-refractivity contribution in [2.45, 2.75) is 26.1 Å². The minimum absolute atomic E-state index is 0.0570. The van der Waals surface area contributed by atoms with Crippen molar-refractivity contribution in [3.63, 3.8) is 0 Å². The maximum Gasteiger partial charge on any atom is 0.153 e. The second-order valence-electron chi connectivity index (χ2n) is 4.83. The van der Waals surface area contributed by atoms with Crippen LogP contribution in [0.25, 0.3) is 0 Å². The quantitative estimate of drug-likeness (QED) is 0.870. The summed E-state index contributed by atoms with van der Waals surface area (Å²) < 4.78 is 28.7. The lowest BCUT2D eigenvalue weighted by Crippen LogP contribution is -2.46. The number of furan rings is 1. The first-order valence-corrected chi connectivity index (χ1v) is 7.99. The summed E-state index contributed by atoms with van der Waals surface area (Å²) in [5.41, 5.74) is 0. The van der Waals surface area contributed by atoms with Crippen molar-refractivity contribution in [3.8, 4) is 0 Å². The Bertz CT molecular complexity index is 495. The van der Waals surface area contributed by atoms with Gasteiger partial charge in [-0.25, -0.2) is 8.42 Å². The van der Waals surface area contributed by atoms with E-state index in [0.717, 1.165) is 11.5 Å². The molecule has 1 aromatic heterocycles. The third kappa shape index (κ3) is 3.34. The van der Waals surface area contributed by atoms with Crippen LogP contribution in [-0.2, 0) is 22.9 Å². The number of hydrogen-bond donors (Lipinski definition) is 1. The highest BCUT2D eigenvalue weighted by Gasteiger charge is 2.28. The van der Waals surface area contributed by atoms with Crippen LogP contribution in [0, 0.1) is 0 Å². The van der Waals surface area contributed by atoms with E-state index in [-0.39, 0.29) is 17.5 Å². The van der Waals surface area contributed by atoms with Gasteiger partial charge in [0, 0.05) is 12.6 Å². The Morgan fingerprint density at radius 2 is 2.17 bits per heavy atom. The second kappa shape index (κ2) is 5.42. The first-order valence-electron chi connectivity index (χ1n) is 6.17. The summed E-state index contributed by atoms with van der Waals surface area (Å²) >= 11 is 0. The average Bonchev–Trinajstić information content (AvgIpc) is 2.70. The monoisotopic (exact) mass is 272 g/mol. The van der Waals surface area contributed by atoms with Crippen molar-refractivity contribution in [3.05, 3.63) is 23.7 Å². The molecule has 0 spiro atoms. The Balaban J connectivity index is 1.97. The van der Waals surface area contributed by atoms with Crippen molar-refractivity contribution in [2.24, 2.45) is 0 Å². The molecule has 1 saturated heterocycles. The zero-order valence-electron chi connectivity index (χ0n) is 10.8. The highest BCUT2D eigenvalue weighted by atomic mass is 32.2. The Morgan fingerprint density at radius 3 is 2.83 bits per heavy atom. The SMILES string of the molecule is CNCc1ccc(CN2CCS(=O)(=O)CC2C)o1. The van der Waals surface area contributed by atoms with Gasteiger partial charge in [0.1, 0.15) is 11.5 Å². The highest BCUT2D eigenvalue weighted by molar-refractivity contribution is 7.91. The van der Waals surface area contributed by atoms with Crippen molar-refractivity contribution < 1.29 is 12.8 Å². The molecule has 1 aromatic rings. The van der Waals surface area contributed by atoms with Gasteiger partial charge in [0.05, 0.1) is 24.6 Å². The van der Waals surface area contributed by atoms with Gasteiger partial charge in [-0.2, -0.15) is 0 Å². The average molecular weight is 272 g/mol. The van der Waals surface area contributed by atoms with Crippen molar-refractivity contribution in [1.29, 1.82) is 0 Å². The molecule has 0 aliphatic carbocycles. The van der Waals surface area contributed by atoms with Gasteiger partial charge in [0.15, 0.2) is 9.84 Å². The van der Waals surface area contributed by atoms with Gasteiger partial charge < -0.3 is 9.73 Å². The van der Waals surface area contributed by atoms with Gasteiger partial charge in [0.2, 0.25) is 0 Å². The molecule has 0 bridgehead atoms. The topological polar surface area (TPSA) is 62.6 Å². The molecule has 0 saturated carbocycles. The summed E-state index contributed by atoms with van der Waals surface area (Å²) in [6, 6.07) is 3.97. The lowest BCUT2D eigenvalue weighted by atomic mass is 10.3. The number of sulfone groups is 1.